The number of amides is 1. The maximum atomic E-state index is 12.6. The van der Waals surface area contributed by atoms with Gasteiger partial charge in [0.25, 0.3) is 5.91 Å². The number of rotatable bonds is 4. The minimum atomic E-state index is -0.259. The van der Waals surface area contributed by atoms with E-state index in [0.29, 0.717) is 27.4 Å². The van der Waals surface area contributed by atoms with Gasteiger partial charge in [0.15, 0.2) is 11.5 Å². The van der Waals surface area contributed by atoms with E-state index < -0.39 is 0 Å². The Hall–Kier alpha value is -3.45. The quantitative estimate of drug-likeness (QED) is 0.449. The normalized spacial score (nSPS) is 11.5. The number of halogens is 1. The molecule has 0 bridgehead atoms. The van der Waals surface area contributed by atoms with Crippen molar-refractivity contribution in [2.45, 2.75) is 33.1 Å². The van der Waals surface area contributed by atoms with Gasteiger partial charge < -0.3 is 0 Å². The van der Waals surface area contributed by atoms with Gasteiger partial charge in [0.1, 0.15) is 6.33 Å². The number of nitrogens with one attached hydrogen (secondary N) is 2. The summed E-state index contributed by atoms with van der Waals surface area (Å²) in [5.74, 6) is 0.195. The molecule has 2 N–H and O–H groups in total. The molecule has 2 aromatic heterocycles. The van der Waals surface area contributed by atoms with Crippen molar-refractivity contribution >= 4 is 34.4 Å². The van der Waals surface area contributed by atoms with Gasteiger partial charge >= 0.3 is 0 Å². The van der Waals surface area contributed by atoms with E-state index in [1.54, 1.807) is 10.9 Å². The third-order valence-corrected chi connectivity index (χ3v) is 5.31. The third kappa shape index (κ3) is 4.22. The van der Waals surface area contributed by atoms with Crippen LogP contribution in [0.25, 0.3) is 16.7 Å². The summed E-state index contributed by atoms with van der Waals surface area (Å²) in [5, 5.41) is 5.73. The molecule has 0 saturated carbocycles. The Balaban J connectivity index is 1.56. The first-order chi connectivity index (χ1) is 14.7. The number of hydrogen-bond donors (Lipinski definition) is 2. The van der Waals surface area contributed by atoms with Gasteiger partial charge in [-0.25, -0.2) is 14.6 Å². The van der Waals surface area contributed by atoms with Crippen molar-refractivity contribution < 1.29 is 4.79 Å². The average Bonchev–Trinajstić information content (AvgIpc) is 3.18. The standard InChI is InChI=1S/C23H23ClN6O/c1-14-5-10-17(24)11-19(14)30-21-18(12-27-30)20(25-13-26-21)28-29-22(31)15-6-8-16(9-7-15)23(2,3)4/h5-13H,1-4H3,(H,29,31)(H,25,26,28). The Labute approximate surface area is 185 Å². The molecule has 0 aliphatic carbocycles. The minimum Gasteiger partial charge on any atom is -0.281 e. The topological polar surface area (TPSA) is 84.7 Å². The average molecular weight is 435 g/mol. The number of aryl methyl sites for hydroxylation is 1. The molecule has 4 aromatic rings. The number of carbonyl (C=O) groups excluding carboxylic acids is 1. The fraction of sp³-hybridized carbons (Fsp3) is 0.217. The molecule has 0 aliphatic heterocycles. The van der Waals surface area contributed by atoms with E-state index in [-0.39, 0.29) is 11.3 Å². The summed E-state index contributed by atoms with van der Waals surface area (Å²) in [5.41, 5.74) is 9.78. The molecular formula is C23H23ClN6O. The maximum Gasteiger partial charge on any atom is 0.269 e. The van der Waals surface area contributed by atoms with Crippen LogP contribution in [0.3, 0.4) is 0 Å². The van der Waals surface area contributed by atoms with Gasteiger partial charge in [0.2, 0.25) is 0 Å². The Bertz CT molecular complexity index is 1260. The minimum absolute atomic E-state index is 0.0291. The fourth-order valence-corrected chi connectivity index (χ4v) is 3.41. The smallest absolute Gasteiger partial charge is 0.269 e. The van der Waals surface area contributed by atoms with Crippen molar-refractivity contribution in [3.05, 3.63) is 76.7 Å². The number of hydrazine groups is 1. The highest BCUT2D eigenvalue weighted by Gasteiger charge is 2.16. The summed E-state index contributed by atoms with van der Waals surface area (Å²) >= 11 is 6.16. The van der Waals surface area contributed by atoms with Crippen LogP contribution in [0, 0.1) is 6.92 Å². The molecule has 0 atom stereocenters. The lowest BCUT2D eigenvalue weighted by atomic mass is 9.87. The fourth-order valence-electron chi connectivity index (χ4n) is 3.24. The molecule has 8 heteroatoms. The van der Waals surface area contributed by atoms with Crippen LogP contribution in [0.1, 0.15) is 42.3 Å². The first-order valence-corrected chi connectivity index (χ1v) is 10.2. The SMILES string of the molecule is Cc1ccc(Cl)cc1-n1ncc2c(NNC(=O)c3ccc(C(C)(C)C)cc3)ncnc21. The van der Waals surface area contributed by atoms with E-state index in [2.05, 4.69) is 46.7 Å². The summed E-state index contributed by atoms with van der Waals surface area (Å²) < 4.78 is 1.70. The Kier molecular flexibility index (Phi) is 5.37. The Morgan fingerprint density at radius 2 is 1.81 bits per heavy atom. The van der Waals surface area contributed by atoms with E-state index in [1.807, 2.05) is 49.4 Å². The number of hydrogen-bond acceptors (Lipinski definition) is 5. The van der Waals surface area contributed by atoms with E-state index in [4.69, 9.17) is 11.6 Å². The predicted octanol–water partition coefficient (Wildman–Crippen LogP) is 4.83. The molecule has 2 heterocycles. The van der Waals surface area contributed by atoms with Gasteiger partial charge in [-0.15, -0.1) is 0 Å². The number of carbonyl (C=O) groups is 1. The molecular weight excluding hydrogens is 412 g/mol. The van der Waals surface area contributed by atoms with Crippen molar-refractivity contribution in [3.8, 4) is 5.69 Å². The molecule has 158 valence electrons. The Morgan fingerprint density at radius 3 is 2.52 bits per heavy atom. The molecule has 0 spiro atoms. The molecule has 4 rings (SSSR count). The monoisotopic (exact) mass is 434 g/mol. The number of fused-ring (bicyclic) bond motifs is 1. The second-order valence-electron chi connectivity index (χ2n) is 8.35. The van der Waals surface area contributed by atoms with E-state index in [9.17, 15) is 4.79 Å². The predicted molar refractivity (Wildman–Crippen MR) is 123 cm³/mol. The van der Waals surface area contributed by atoms with Crippen LogP contribution in [0.5, 0.6) is 0 Å². The molecule has 31 heavy (non-hydrogen) atoms. The van der Waals surface area contributed by atoms with E-state index >= 15 is 0 Å². The van der Waals surface area contributed by atoms with Crippen molar-refractivity contribution in [1.82, 2.24) is 25.2 Å². The summed E-state index contributed by atoms with van der Waals surface area (Å²) in [6.07, 6.45) is 3.08. The van der Waals surface area contributed by atoms with Crippen LogP contribution >= 0.6 is 11.6 Å². The van der Waals surface area contributed by atoms with Crippen LogP contribution in [-0.4, -0.2) is 25.7 Å². The van der Waals surface area contributed by atoms with Gasteiger partial charge in [-0.2, -0.15) is 5.10 Å². The summed E-state index contributed by atoms with van der Waals surface area (Å²) in [6.45, 7) is 8.38. The van der Waals surface area contributed by atoms with Gasteiger partial charge in [0.05, 0.1) is 17.3 Å². The zero-order valence-corrected chi connectivity index (χ0v) is 18.5. The molecule has 0 saturated heterocycles. The van der Waals surface area contributed by atoms with Gasteiger partial charge in [-0.05, 0) is 47.7 Å². The van der Waals surface area contributed by atoms with Crippen LogP contribution in [-0.2, 0) is 5.41 Å². The van der Waals surface area contributed by atoms with Crippen molar-refractivity contribution in [2.24, 2.45) is 0 Å². The van der Waals surface area contributed by atoms with Crippen molar-refractivity contribution in [1.29, 1.82) is 0 Å². The van der Waals surface area contributed by atoms with Crippen molar-refractivity contribution in [3.63, 3.8) is 0 Å². The summed E-state index contributed by atoms with van der Waals surface area (Å²) in [7, 11) is 0. The van der Waals surface area contributed by atoms with Crippen LogP contribution in [0.15, 0.2) is 55.0 Å². The lowest BCUT2D eigenvalue weighted by Gasteiger charge is -2.19. The molecule has 2 aromatic carbocycles. The highest BCUT2D eigenvalue weighted by Crippen LogP contribution is 2.25. The van der Waals surface area contributed by atoms with Gasteiger partial charge in [0, 0.05) is 10.6 Å². The number of benzene rings is 2. The van der Waals surface area contributed by atoms with Gasteiger partial charge in [-0.3, -0.25) is 15.6 Å². The third-order valence-electron chi connectivity index (χ3n) is 5.07. The van der Waals surface area contributed by atoms with E-state index in [0.717, 1.165) is 11.3 Å². The second-order valence-corrected chi connectivity index (χ2v) is 8.79. The molecule has 0 unspecified atom stereocenters. The Morgan fingerprint density at radius 1 is 1.06 bits per heavy atom. The molecule has 0 fully saturated rings. The largest absolute Gasteiger partial charge is 0.281 e. The first kappa shape index (κ1) is 20.8. The molecule has 0 aliphatic rings. The number of nitrogens with zero attached hydrogens (tertiary/aromatic N) is 4. The van der Waals surface area contributed by atoms with Crippen LogP contribution in [0.2, 0.25) is 5.02 Å². The molecule has 1 amide bonds. The zero-order valence-electron chi connectivity index (χ0n) is 17.8. The van der Waals surface area contributed by atoms with Gasteiger partial charge in [-0.1, -0.05) is 50.6 Å². The van der Waals surface area contributed by atoms with Crippen LogP contribution < -0.4 is 10.9 Å². The zero-order chi connectivity index (χ0) is 22.2. The van der Waals surface area contributed by atoms with E-state index in [1.165, 1.54) is 11.9 Å². The highest BCUT2D eigenvalue weighted by atomic mass is 35.5. The lowest BCUT2D eigenvalue weighted by Crippen LogP contribution is -2.30. The highest BCUT2D eigenvalue weighted by molar-refractivity contribution is 6.30. The first-order valence-electron chi connectivity index (χ1n) is 9.86. The second kappa shape index (κ2) is 8.00. The lowest BCUT2D eigenvalue weighted by molar-refractivity contribution is 0.0962. The number of anilines is 1. The summed E-state index contributed by atoms with van der Waals surface area (Å²) in [4.78, 5) is 21.2. The molecule has 0 radical (unpaired) electrons. The molecule has 7 nitrogen and oxygen atoms in total. The van der Waals surface area contributed by atoms with Crippen LogP contribution in [0.4, 0.5) is 5.82 Å². The number of aromatic nitrogens is 4. The maximum absolute atomic E-state index is 12.6. The van der Waals surface area contributed by atoms with Crippen molar-refractivity contribution in [2.75, 3.05) is 5.43 Å². The summed E-state index contributed by atoms with van der Waals surface area (Å²) in [6, 6.07) is 13.2.